The zero-order valence-corrected chi connectivity index (χ0v) is 12.0. The van der Waals surface area contributed by atoms with E-state index in [-0.39, 0.29) is 5.76 Å². The summed E-state index contributed by atoms with van der Waals surface area (Å²) in [6, 6.07) is 7.49. The molecule has 0 saturated carbocycles. The van der Waals surface area contributed by atoms with Crippen molar-refractivity contribution in [2.45, 2.75) is 26.0 Å². The molecule has 1 aromatic carbocycles. The van der Waals surface area contributed by atoms with E-state index in [1.165, 1.54) is 0 Å². The Bertz CT molecular complexity index is 574. The Morgan fingerprint density at radius 1 is 1.42 bits per heavy atom. The number of carboxylic acid groups (broad SMARTS) is 1. The molecule has 4 heteroatoms. The number of fused-ring (bicyclic) bond motifs is 1. The summed E-state index contributed by atoms with van der Waals surface area (Å²) in [7, 11) is 0. The number of hydrogen-bond acceptors (Lipinski definition) is 3. The Labute approximate surface area is 117 Å². The number of para-hydroxylation sites is 1. The summed E-state index contributed by atoms with van der Waals surface area (Å²) in [5, 5.41) is 10.1. The maximum absolute atomic E-state index is 11.2. The van der Waals surface area contributed by atoms with E-state index >= 15 is 0 Å². The van der Waals surface area contributed by atoms with Crippen molar-refractivity contribution in [3.63, 3.8) is 0 Å². The van der Waals surface area contributed by atoms with Crippen LogP contribution in [-0.2, 0) is 5.75 Å². The molecule has 2 rings (SSSR count). The van der Waals surface area contributed by atoms with Gasteiger partial charge in [0.2, 0.25) is 5.76 Å². The Morgan fingerprint density at radius 3 is 2.84 bits per heavy atom. The average molecular weight is 278 g/mol. The standard InChI is InChI=1S/C15H18O3S/c1-3-10(2)8-19-9-12-11-6-4-5-7-13(11)18-14(12)15(16)17/h4-7,10H,3,8-9H2,1-2H3,(H,16,17). The van der Waals surface area contributed by atoms with Crippen LogP contribution in [0.5, 0.6) is 0 Å². The molecular formula is C15H18O3S. The molecule has 102 valence electrons. The highest BCUT2D eigenvalue weighted by atomic mass is 32.2. The van der Waals surface area contributed by atoms with E-state index in [2.05, 4.69) is 13.8 Å². The SMILES string of the molecule is CCC(C)CSCc1c(C(=O)O)oc2ccccc12. The average Bonchev–Trinajstić information content (AvgIpc) is 2.78. The Morgan fingerprint density at radius 2 is 2.16 bits per heavy atom. The molecule has 1 aromatic heterocycles. The van der Waals surface area contributed by atoms with Crippen molar-refractivity contribution in [3.05, 3.63) is 35.6 Å². The van der Waals surface area contributed by atoms with Crippen molar-refractivity contribution in [1.82, 2.24) is 0 Å². The Hall–Kier alpha value is -1.42. The third-order valence-corrected chi connectivity index (χ3v) is 4.54. The zero-order valence-electron chi connectivity index (χ0n) is 11.2. The van der Waals surface area contributed by atoms with Crippen LogP contribution in [0.3, 0.4) is 0 Å². The van der Waals surface area contributed by atoms with Crippen molar-refractivity contribution in [2.75, 3.05) is 5.75 Å². The summed E-state index contributed by atoms with van der Waals surface area (Å²) in [6.07, 6.45) is 1.14. The third-order valence-electron chi connectivity index (χ3n) is 3.24. The minimum Gasteiger partial charge on any atom is -0.475 e. The summed E-state index contributed by atoms with van der Waals surface area (Å²) in [5.41, 5.74) is 1.45. The van der Waals surface area contributed by atoms with Gasteiger partial charge in [-0.05, 0) is 17.7 Å². The second kappa shape index (κ2) is 6.15. The van der Waals surface area contributed by atoms with Crippen molar-refractivity contribution >= 4 is 28.7 Å². The van der Waals surface area contributed by atoms with Gasteiger partial charge < -0.3 is 9.52 Å². The van der Waals surface area contributed by atoms with Crippen molar-refractivity contribution in [3.8, 4) is 0 Å². The smallest absolute Gasteiger partial charge is 0.372 e. The highest BCUT2D eigenvalue weighted by Crippen LogP contribution is 2.30. The van der Waals surface area contributed by atoms with Gasteiger partial charge in [-0.2, -0.15) is 11.8 Å². The fourth-order valence-electron chi connectivity index (χ4n) is 1.89. The largest absolute Gasteiger partial charge is 0.475 e. The summed E-state index contributed by atoms with van der Waals surface area (Å²) in [4.78, 5) is 11.2. The van der Waals surface area contributed by atoms with Crippen LogP contribution in [0, 0.1) is 5.92 Å². The lowest BCUT2D eigenvalue weighted by Crippen LogP contribution is -2.00. The highest BCUT2D eigenvalue weighted by molar-refractivity contribution is 7.98. The second-order valence-corrected chi connectivity index (χ2v) is 5.77. The molecule has 1 N–H and O–H groups in total. The number of rotatable bonds is 6. The number of benzene rings is 1. The van der Waals surface area contributed by atoms with Gasteiger partial charge in [0.15, 0.2) is 0 Å². The molecule has 0 saturated heterocycles. The van der Waals surface area contributed by atoms with E-state index in [9.17, 15) is 9.90 Å². The summed E-state index contributed by atoms with van der Waals surface area (Å²) >= 11 is 1.77. The van der Waals surface area contributed by atoms with Gasteiger partial charge in [0.05, 0.1) is 0 Å². The summed E-state index contributed by atoms with van der Waals surface area (Å²) in [5.74, 6) is 1.46. The monoisotopic (exact) mass is 278 g/mol. The minimum absolute atomic E-state index is 0.0813. The molecule has 0 radical (unpaired) electrons. The topological polar surface area (TPSA) is 50.4 Å². The lowest BCUT2D eigenvalue weighted by atomic mass is 10.1. The molecule has 0 fully saturated rings. The molecule has 1 heterocycles. The van der Waals surface area contributed by atoms with E-state index in [4.69, 9.17) is 4.42 Å². The van der Waals surface area contributed by atoms with Crippen LogP contribution in [-0.4, -0.2) is 16.8 Å². The van der Waals surface area contributed by atoms with Crippen LogP contribution in [0.25, 0.3) is 11.0 Å². The molecular weight excluding hydrogens is 260 g/mol. The quantitative estimate of drug-likeness (QED) is 0.850. The predicted molar refractivity (Wildman–Crippen MR) is 78.8 cm³/mol. The van der Waals surface area contributed by atoms with E-state index in [0.717, 1.165) is 23.1 Å². The molecule has 19 heavy (non-hydrogen) atoms. The molecule has 0 aliphatic carbocycles. The Kier molecular flexibility index (Phi) is 4.53. The molecule has 0 bridgehead atoms. The number of carboxylic acids is 1. The number of carbonyl (C=O) groups is 1. The first-order valence-electron chi connectivity index (χ1n) is 6.45. The van der Waals surface area contributed by atoms with Gasteiger partial charge in [-0.3, -0.25) is 0 Å². The molecule has 1 unspecified atom stereocenters. The van der Waals surface area contributed by atoms with Gasteiger partial charge in [-0.25, -0.2) is 4.79 Å². The van der Waals surface area contributed by atoms with Gasteiger partial charge in [-0.1, -0.05) is 38.5 Å². The molecule has 0 aliphatic heterocycles. The number of hydrogen-bond donors (Lipinski definition) is 1. The Balaban J connectivity index is 2.24. The maximum atomic E-state index is 11.2. The van der Waals surface area contributed by atoms with E-state index in [1.807, 2.05) is 24.3 Å². The lowest BCUT2D eigenvalue weighted by molar-refractivity contribution is 0.0664. The fourth-order valence-corrected chi connectivity index (χ4v) is 3.14. The third kappa shape index (κ3) is 3.13. The summed E-state index contributed by atoms with van der Waals surface area (Å²) < 4.78 is 5.43. The first-order valence-corrected chi connectivity index (χ1v) is 7.60. The van der Waals surface area contributed by atoms with Crippen molar-refractivity contribution < 1.29 is 14.3 Å². The zero-order chi connectivity index (χ0) is 13.8. The molecule has 2 aromatic rings. The first kappa shape index (κ1) is 14.0. The van der Waals surface area contributed by atoms with Gasteiger partial charge in [0.25, 0.3) is 0 Å². The molecule has 0 amide bonds. The van der Waals surface area contributed by atoms with Gasteiger partial charge >= 0.3 is 5.97 Å². The highest BCUT2D eigenvalue weighted by Gasteiger charge is 2.19. The van der Waals surface area contributed by atoms with Crippen LogP contribution < -0.4 is 0 Å². The predicted octanol–water partition coefficient (Wildman–Crippen LogP) is 4.41. The van der Waals surface area contributed by atoms with E-state index < -0.39 is 5.97 Å². The van der Waals surface area contributed by atoms with Crippen LogP contribution in [0.1, 0.15) is 36.4 Å². The number of thioether (sulfide) groups is 1. The van der Waals surface area contributed by atoms with Crippen LogP contribution in [0.15, 0.2) is 28.7 Å². The fraction of sp³-hybridized carbons (Fsp3) is 0.400. The second-order valence-electron chi connectivity index (χ2n) is 4.74. The molecule has 3 nitrogen and oxygen atoms in total. The van der Waals surface area contributed by atoms with Gasteiger partial charge in [0.1, 0.15) is 5.58 Å². The maximum Gasteiger partial charge on any atom is 0.372 e. The van der Waals surface area contributed by atoms with Crippen molar-refractivity contribution in [1.29, 1.82) is 0 Å². The molecule has 0 spiro atoms. The molecule has 1 atom stereocenters. The van der Waals surface area contributed by atoms with Crippen LogP contribution in [0.2, 0.25) is 0 Å². The van der Waals surface area contributed by atoms with Crippen LogP contribution in [0.4, 0.5) is 0 Å². The van der Waals surface area contributed by atoms with Gasteiger partial charge in [0, 0.05) is 16.7 Å². The van der Waals surface area contributed by atoms with Crippen molar-refractivity contribution in [2.24, 2.45) is 5.92 Å². The number of furan rings is 1. The summed E-state index contributed by atoms with van der Waals surface area (Å²) in [6.45, 7) is 4.37. The minimum atomic E-state index is -0.990. The first-order chi connectivity index (χ1) is 9.13. The van der Waals surface area contributed by atoms with Crippen LogP contribution >= 0.6 is 11.8 Å². The number of aromatic carboxylic acids is 1. The molecule has 0 aliphatic rings. The van der Waals surface area contributed by atoms with E-state index in [0.29, 0.717) is 17.3 Å². The normalized spacial score (nSPS) is 12.7. The lowest BCUT2D eigenvalue weighted by Gasteiger charge is -2.07. The van der Waals surface area contributed by atoms with Gasteiger partial charge in [-0.15, -0.1) is 0 Å². The van der Waals surface area contributed by atoms with E-state index in [1.54, 1.807) is 11.8 Å².